The van der Waals surface area contributed by atoms with Gasteiger partial charge >= 0.3 is 11.1 Å². The molecule has 0 amide bonds. The van der Waals surface area contributed by atoms with Crippen LogP contribution in [0.2, 0.25) is 0 Å². The Labute approximate surface area is 144 Å². The van der Waals surface area contributed by atoms with E-state index in [2.05, 4.69) is 15.0 Å². The van der Waals surface area contributed by atoms with E-state index in [-0.39, 0.29) is 34.7 Å². The molecule has 2 aromatic rings. The first-order chi connectivity index (χ1) is 11.0. The van der Waals surface area contributed by atoms with Crippen LogP contribution in [0.4, 0.5) is 5.69 Å². The smallest absolute Gasteiger partial charge is 0.314 e. The molecule has 0 fully saturated rings. The molecule has 1 unspecified atom stereocenters. The minimum Gasteiger partial charge on any atom is -0.340 e. The summed E-state index contributed by atoms with van der Waals surface area (Å²) in [6.07, 6.45) is 4.27. The lowest BCUT2D eigenvalue weighted by Gasteiger charge is -2.26. The summed E-state index contributed by atoms with van der Waals surface area (Å²) in [7, 11) is 0. The maximum absolute atomic E-state index is 11.6. The third-order valence-corrected chi connectivity index (χ3v) is 3.40. The van der Waals surface area contributed by atoms with Gasteiger partial charge in [-0.2, -0.15) is 0 Å². The van der Waals surface area contributed by atoms with E-state index in [0.29, 0.717) is 11.1 Å². The molecule has 0 spiro atoms. The number of nitrogens with one attached hydrogen (secondary N) is 2. The van der Waals surface area contributed by atoms with Gasteiger partial charge in [0.2, 0.25) is 0 Å². The van der Waals surface area contributed by atoms with Gasteiger partial charge in [-0.3, -0.25) is 30.4 Å². The van der Waals surface area contributed by atoms with E-state index in [9.17, 15) is 19.7 Å². The molecule has 0 radical (unpaired) electrons. The molecule has 4 N–H and O–H groups in total. The van der Waals surface area contributed by atoms with Crippen molar-refractivity contribution in [3.63, 3.8) is 0 Å². The number of rotatable bonds is 3. The molecule has 11 heteroatoms. The van der Waals surface area contributed by atoms with Crippen LogP contribution in [0, 0.1) is 10.1 Å². The zero-order chi connectivity index (χ0) is 16.6. The number of hydrogen-bond acceptors (Lipinski definition) is 7. The van der Waals surface area contributed by atoms with E-state index in [1.807, 2.05) is 0 Å². The topological polar surface area (TPSA) is 150 Å². The van der Waals surface area contributed by atoms with Crippen LogP contribution >= 0.6 is 17.0 Å². The molecule has 1 aromatic heterocycles. The highest BCUT2D eigenvalue weighted by atomic mass is 79.9. The monoisotopic (exact) mass is 396 g/mol. The van der Waals surface area contributed by atoms with Gasteiger partial charge in [0.1, 0.15) is 0 Å². The maximum Gasteiger partial charge on any atom is 0.314 e. The van der Waals surface area contributed by atoms with Crippen molar-refractivity contribution in [1.82, 2.24) is 14.9 Å². The first-order valence-electron chi connectivity index (χ1n) is 6.60. The molecule has 1 aliphatic heterocycles. The largest absolute Gasteiger partial charge is 0.340 e. The van der Waals surface area contributed by atoms with Crippen molar-refractivity contribution in [1.29, 1.82) is 0 Å². The van der Waals surface area contributed by atoms with Crippen LogP contribution in [0.25, 0.3) is 11.0 Å². The Bertz CT molecular complexity index is 963. The SMILES string of the molecule is Br.NC1N=CC=CN1Cc1cc([N+](=O)[O-])cc2[nH]c(=O)c(=O)[nH]c12. The Morgan fingerprint density at radius 3 is 2.67 bits per heavy atom. The second-order valence-electron chi connectivity index (χ2n) is 4.92. The van der Waals surface area contributed by atoms with Crippen molar-refractivity contribution >= 4 is 39.9 Å². The zero-order valence-electron chi connectivity index (χ0n) is 12.1. The Morgan fingerprint density at radius 2 is 2.00 bits per heavy atom. The van der Waals surface area contributed by atoms with Gasteiger partial charge in [0, 0.05) is 36.7 Å². The summed E-state index contributed by atoms with van der Waals surface area (Å²) < 4.78 is 0. The molecule has 1 aliphatic rings. The number of nitrogens with two attached hydrogens (primary N) is 1. The van der Waals surface area contributed by atoms with Crippen molar-refractivity contribution < 1.29 is 4.92 Å². The molecule has 0 bridgehead atoms. The summed E-state index contributed by atoms with van der Waals surface area (Å²) in [5.41, 5.74) is 4.87. The zero-order valence-corrected chi connectivity index (χ0v) is 13.8. The lowest BCUT2D eigenvalue weighted by molar-refractivity contribution is -0.384. The number of non-ortho nitro benzene ring substituents is 1. The summed E-state index contributed by atoms with van der Waals surface area (Å²) >= 11 is 0. The van der Waals surface area contributed by atoms with Gasteiger partial charge in [0.25, 0.3) is 5.69 Å². The highest BCUT2D eigenvalue weighted by Crippen LogP contribution is 2.23. The number of halogens is 1. The number of aromatic nitrogens is 2. The number of aromatic amines is 2. The van der Waals surface area contributed by atoms with Crippen molar-refractivity contribution in [2.75, 3.05) is 0 Å². The molecule has 2 heterocycles. The van der Waals surface area contributed by atoms with Crippen molar-refractivity contribution in [3.05, 3.63) is 60.8 Å². The van der Waals surface area contributed by atoms with Gasteiger partial charge in [0.15, 0.2) is 6.29 Å². The fourth-order valence-corrected chi connectivity index (χ4v) is 2.31. The third kappa shape index (κ3) is 3.26. The van der Waals surface area contributed by atoms with Crippen LogP contribution in [0.1, 0.15) is 5.56 Å². The van der Waals surface area contributed by atoms with Crippen LogP contribution in [0.5, 0.6) is 0 Å². The summed E-state index contributed by atoms with van der Waals surface area (Å²) in [4.78, 5) is 43.9. The third-order valence-electron chi connectivity index (χ3n) is 3.40. The summed E-state index contributed by atoms with van der Waals surface area (Å²) in [5.74, 6) is 0. The molecular formula is C13H13BrN6O4. The summed E-state index contributed by atoms with van der Waals surface area (Å²) in [5, 5.41) is 11.1. The average Bonchev–Trinajstić information content (AvgIpc) is 2.51. The van der Waals surface area contributed by atoms with Crippen molar-refractivity contribution in [2.45, 2.75) is 12.8 Å². The first-order valence-corrected chi connectivity index (χ1v) is 6.60. The number of hydrogen-bond donors (Lipinski definition) is 3. The predicted molar refractivity (Wildman–Crippen MR) is 93.3 cm³/mol. The van der Waals surface area contributed by atoms with Crippen molar-refractivity contribution in [2.24, 2.45) is 10.7 Å². The van der Waals surface area contributed by atoms with E-state index in [1.165, 1.54) is 12.1 Å². The van der Waals surface area contributed by atoms with Gasteiger partial charge in [-0.1, -0.05) is 0 Å². The number of nitro groups is 1. The molecule has 126 valence electrons. The second-order valence-corrected chi connectivity index (χ2v) is 4.92. The van der Waals surface area contributed by atoms with E-state index in [4.69, 9.17) is 5.73 Å². The number of aliphatic imine (C=N–C) groups is 1. The second kappa shape index (κ2) is 6.76. The number of nitro benzene ring substituents is 1. The normalized spacial score (nSPS) is 16.2. The van der Waals surface area contributed by atoms with E-state index in [1.54, 1.807) is 23.4 Å². The standard InChI is InChI=1S/C13H12N6O4.BrH/c14-13-15-2-1-3-18(13)6-7-4-8(19(22)23)5-9-10(7)17-12(21)11(20)16-9;/h1-5,13H,6,14H2,(H,16,20)(H,17,21);1H. The minimum atomic E-state index is -0.872. The van der Waals surface area contributed by atoms with Gasteiger partial charge < -0.3 is 14.9 Å². The first kappa shape index (κ1) is 17.6. The number of allylic oxidation sites excluding steroid dienone is 1. The van der Waals surface area contributed by atoms with E-state index in [0.717, 1.165) is 0 Å². The quantitative estimate of drug-likeness (QED) is 0.386. The van der Waals surface area contributed by atoms with Crippen molar-refractivity contribution in [3.8, 4) is 0 Å². The molecule has 0 aliphatic carbocycles. The Morgan fingerprint density at radius 1 is 1.29 bits per heavy atom. The van der Waals surface area contributed by atoms with E-state index >= 15 is 0 Å². The van der Waals surface area contributed by atoms with Crippen LogP contribution in [-0.4, -0.2) is 32.3 Å². The fourth-order valence-electron chi connectivity index (χ4n) is 2.31. The van der Waals surface area contributed by atoms with Gasteiger partial charge in [0.05, 0.1) is 16.0 Å². The highest BCUT2D eigenvalue weighted by Gasteiger charge is 2.18. The molecule has 1 aromatic carbocycles. The molecule has 1 atom stereocenters. The van der Waals surface area contributed by atoms with Crippen LogP contribution in [0.3, 0.4) is 0 Å². The van der Waals surface area contributed by atoms with Gasteiger partial charge in [-0.05, 0) is 6.08 Å². The Kier molecular flexibility index (Phi) is 4.95. The lowest BCUT2D eigenvalue weighted by atomic mass is 10.1. The summed E-state index contributed by atoms with van der Waals surface area (Å²) in [6.45, 7) is 0.176. The Balaban J connectivity index is 0.00000208. The average molecular weight is 397 g/mol. The minimum absolute atomic E-state index is 0. The van der Waals surface area contributed by atoms with Gasteiger partial charge in [-0.25, -0.2) is 0 Å². The highest BCUT2D eigenvalue weighted by molar-refractivity contribution is 8.93. The summed E-state index contributed by atoms with van der Waals surface area (Å²) in [6, 6.07) is 2.52. The van der Waals surface area contributed by atoms with Gasteiger partial charge in [-0.15, -0.1) is 17.0 Å². The molecular weight excluding hydrogens is 384 g/mol. The Hall–Kier alpha value is -2.79. The van der Waals surface area contributed by atoms with E-state index < -0.39 is 22.3 Å². The predicted octanol–water partition coefficient (Wildman–Crippen LogP) is 0.345. The number of nitrogens with zero attached hydrogens (tertiary/aromatic N) is 3. The van der Waals surface area contributed by atoms with Crippen LogP contribution in [-0.2, 0) is 6.54 Å². The number of fused-ring (bicyclic) bond motifs is 1. The van der Waals surface area contributed by atoms with Crippen LogP contribution < -0.4 is 16.9 Å². The lowest BCUT2D eigenvalue weighted by Crippen LogP contribution is -2.38. The molecule has 0 saturated heterocycles. The van der Waals surface area contributed by atoms with Crippen LogP contribution in [0.15, 0.2) is 39.0 Å². The molecule has 0 saturated carbocycles. The number of H-pyrrole nitrogens is 2. The molecule has 24 heavy (non-hydrogen) atoms. The molecule has 10 nitrogen and oxygen atoms in total. The molecule has 3 rings (SSSR count). The maximum atomic E-state index is 11.6. The number of benzene rings is 1. The fraction of sp³-hybridized carbons (Fsp3) is 0.154.